The Morgan fingerprint density at radius 3 is 2.13 bits per heavy atom. The molecule has 1 saturated heterocycles. The molecule has 1 aliphatic heterocycles. The van der Waals surface area contributed by atoms with Crippen LogP contribution in [-0.4, -0.2) is 88.8 Å². The van der Waals surface area contributed by atoms with E-state index < -0.39 is 30.0 Å². The number of carbonyl (C=O) groups excluding carboxylic acids is 7. The Bertz CT molecular complexity index is 1820. The summed E-state index contributed by atoms with van der Waals surface area (Å²) >= 11 is 2.15. The Morgan fingerprint density at radius 2 is 1.51 bits per heavy atom. The number of Topliss-reactive ketones (excluding diaryl/α,β-unsaturated/α-hetero) is 3. The van der Waals surface area contributed by atoms with Crippen molar-refractivity contribution in [3.05, 3.63) is 70.3 Å². The minimum Gasteiger partial charge on any atom is -0.450 e. The zero-order chi connectivity index (χ0) is 47.4. The molecule has 0 saturated carbocycles. The predicted octanol–water partition coefficient (Wildman–Crippen LogP) is 8.46. The Hall–Kier alpha value is -4.14. The van der Waals surface area contributed by atoms with Crippen molar-refractivity contribution in [1.82, 2.24) is 20.9 Å². The van der Waals surface area contributed by atoms with Crippen molar-refractivity contribution < 1.29 is 38.3 Å². The molecule has 0 radical (unpaired) electrons. The second-order valence-corrected chi connectivity index (χ2v) is 18.1. The molecule has 63 heavy (non-hydrogen) atoms. The molecule has 1 heterocycles. The summed E-state index contributed by atoms with van der Waals surface area (Å²) in [6, 6.07) is 8.14. The number of ketones is 3. The molecule has 3 rings (SSSR count). The molecule has 0 aromatic heterocycles. The summed E-state index contributed by atoms with van der Waals surface area (Å²) in [4.78, 5) is 96.8. The lowest BCUT2D eigenvalue weighted by atomic mass is 9.84. The second kappa shape index (κ2) is 27.9. The third-order valence-corrected chi connectivity index (χ3v) is 11.6. The first kappa shape index (κ1) is 55.0. The quantitative estimate of drug-likeness (QED) is 0.0323. The Kier molecular flexibility index (Phi) is 24.4. The third kappa shape index (κ3) is 17.7. The first-order chi connectivity index (χ1) is 29.8. The van der Waals surface area contributed by atoms with Crippen LogP contribution in [0.5, 0.6) is 0 Å². The van der Waals surface area contributed by atoms with E-state index in [1.54, 1.807) is 25.7 Å². The maximum absolute atomic E-state index is 14.2. The van der Waals surface area contributed by atoms with Crippen LogP contribution in [0, 0.1) is 29.6 Å². The van der Waals surface area contributed by atoms with Crippen molar-refractivity contribution in [2.45, 2.75) is 145 Å². The van der Waals surface area contributed by atoms with Crippen LogP contribution in [0.1, 0.15) is 126 Å². The van der Waals surface area contributed by atoms with Crippen LogP contribution < -0.4 is 16.0 Å². The third-order valence-electron chi connectivity index (χ3n) is 11.6. The number of rotatable bonds is 23. The molecule has 13 heteroatoms. The molecule has 0 unspecified atom stereocenters. The fraction of sp³-hybridized carbons (Fsp3) is 0.620. The van der Waals surface area contributed by atoms with Crippen LogP contribution in [0.15, 0.2) is 64.8 Å². The number of alkyl halides is 1. The molecule has 1 aromatic rings. The zero-order valence-corrected chi connectivity index (χ0v) is 41.9. The van der Waals surface area contributed by atoms with Gasteiger partial charge in [0.15, 0.2) is 17.3 Å². The number of halogens is 1. The van der Waals surface area contributed by atoms with E-state index in [0.29, 0.717) is 85.6 Å². The lowest BCUT2D eigenvalue weighted by Crippen LogP contribution is -2.53. The highest BCUT2D eigenvalue weighted by molar-refractivity contribution is 14.1. The number of alkyl carbamates (subject to hydrolysis) is 1. The van der Waals surface area contributed by atoms with Gasteiger partial charge in [-0.1, -0.05) is 99.7 Å². The van der Waals surface area contributed by atoms with Crippen LogP contribution in [-0.2, 0) is 39.9 Å². The van der Waals surface area contributed by atoms with E-state index in [2.05, 4.69) is 65.4 Å². The standard InChI is InChI=1S/C49H72N4O8.CH3I/c1-30(2)27-33(7)22-23-39(28-37-17-12-11-13-18-37)48(59)53-25-15-21-41(53)47(58)52-43(31(3)4)42(54)29-38(46(57)51-32(5)6)19-14-24-50-49(60)61-26-16-20-40-36(10)44(55)34(8)35(9)45(40)56;1-2/h11-13,17-18,22-23,30-33,38-39,41,43H,14-16,19-21,24-29H2,1-10H3,(H,50,60)(H,51,57)(H,52,58);1H3/b23-22+;/t33-,38-,39-,41+,43+;/m1./s1. The molecular weight excluding hydrogens is 911 g/mol. The van der Waals surface area contributed by atoms with Crippen molar-refractivity contribution in [2.24, 2.45) is 29.6 Å². The van der Waals surface area contributed by atoms with Gasteiger partial charge in [-0.3, -0.25) is 28.8 Å². The minimum absolute atomic E-state index is 0.0534. The Morgan fingerprint density at radius 1 is 0.857 bits per heavy atom. The van der Waals surface area contributed by atoms with Gasteiger partial charge in [-0.15, -0.1) is 0 Å². The lowest BCUT2D eigenvalue weighted by Gasteiger charge is -2.30. The summed E-state index contributed by atoms with van der Waals surface area (Å²) in [6.45, 7) is 19.5. The van der Waals surface area contributed by atoms with Gasteiger partial charge in [-0.05, 0) is 114 Å². The van der Waals surface area contributed by atoms with Gasteiger partial charge in [0.2, 0.25) is 17.7 Å². The van der Waals surface area contributed by atoms with Gasteiger partial charge >= 0.3 is 6.09 Å². The molecule has 1 fully saturated rings. The molecule has 1 aliphatic carbocycles. The summed E-state index contributed by atoms with van der Waals surface area (Å²) in [5.74, 6) is -1.91. The zero-order valence-electron chi connectivity index (χ0n) is 39.7. The minimum atomic E-state index is -0.866. The van der Waals surface area contributed by atoms with Crippen molar-refractivity contribution in [3.63, 3.8) is 0 Å². The lowest BCUT2D eigenvalue weighted by molar-refractivity contribution is -0.141. The molecule has 3 N–H and O–H groups in total. The molecule has 0 bridgehead atoms. The number of allylic oxidation sites excluding steroid dienone is 5. The number of hydrogen-bond acceptors (Lipinski definition) is 8. The summed E-state index contributed by atoms with van der Waals surface area (Å²) in [7, 11) is 0. The van der Waals surface area contributed by atoms with Gasteiger partial charge in [0.25, 0.3) is 0 Å². The second-order valence-electron chi connectivity index (χ2n) is 18.1. The largest absolute Gasteiger partial charge is 0.450 e. The van der Waals surface area contributed by atoms with E-state index in [4.69, 9.17) is 4.74 Å². The average molecular weight is 987 g/mol. The van der Waals surface area contributed by atoms with Crippen molar-refractivity contribution in [1.29, 1.82) is 0 Å². The maximum atomic E-state index is 14.2. The fourth-order valence-electron chi connectivity index (χ4n) is 8.19. The van der Waals surface area contributed by atoms with Crippen LogP contribution in [0.3, 0.4) is 0 Å². The van der Waals surface area contributed by atoms with Crippen molar-refractivity contribution >= 4 is 63.8 Å². The Balaban J connectivity index is 0.00000672. The van der Waals surface area contributed by atoms with Crippen molar-refractivity contribution in [3.8, 4) is 0 Å². The number of likely N-dealkylation sites (tertiary alicyclic amines) is 1. The summed E-state index contributed by atoms with van der Waals surface area (Å²) in [6.07, 6.45) is 7.43. The van der Waals surface area contributed by atoms with E-state index >= 15 is 0 Å². The molecule has 350 valence electrons. The number of hydrogen-bond donors (Lipinski definition) is 3. The number of nitrogens with zero attached hydrogens (tertiary/aromatic N) is 1. The molecule has 1 aromatic carbocycles. The number of nitrogens with one attached hydrogen (secondary N) is 3. The highest BCUT2D eigenvalue weighted by Crippen LogP contribution is 2.28. The van der Waals surface area contributed by atoms with Crippen LogP contribution in [0.2, 0.25) is 0 Å². The van der Waals surface area contributed by atoms with E-state index in [9.17, 15) is 33.6 Å². The van der Waals surface area contributed by atoms with Crippen LogP contribution >= 0.6 is 22.6 Å². The number of amides is 4. The average Bonchev–Trinajstić information content (AvgIpc) is 3.74. The molecule has 4 amide bonds. The fourth-order valence-corrected chi connectivity index (χ4v) is 8.19. The SMILES string of the molecule is CC1=C(C)C(=O)C(CCCOC(=O)NCCC[C@H](CC(=O)[C@@H](NC(=O)[C@@H]2CCCN2C(=O)[C@H](/C=C/[C@@H](C)CC(C)C)Cc2ccccc2)C(C)C)C(=O)NC(C)C)=C(C)C1=O.CI. The smallest absolute Gasteiger partial charge is 0.407 e. The van der Waals surface area contributed by atoms with Gasteiger partial charge in [0.1, 0.15) is 6.04 Å². The summed E-state index contributed by atoms with van der Waals surface area (Å²) in [5.41, 5.74) is 2.82. The number of carbonyl (C=O) groups is 7. The van der Waals surface area contributed by atoms with Crippen LogP contribution in [0.4, 0.5) is 4.79 Å². The first-order valence-corrected chi connectivity index (χ1v) is 24.9. The van der Waals surface area contributed by atoms with E-state index in [-0.39, 0.29) is 66.6 Å². The van der Waals surface area contributed by atoms with Gasteiger partial charge in [-0.2, -0.15) is 0 Å². The molecule has 2 aliphatic rings. The van der Waals surface area contributed by atoms with Gasteiger partial charge in [-0.25, -0.2) is 4.79 Å². The summed E-state index contributed by atoms with van der Waals surface area (Å²) in [5, 5.41) is 8.58. The Labute approximate surface area is 390 Å². The van der Waals surface area contributed by atoms with Crippen molar-refractivity contribution in [2.75, 3.05) is 24.6 Å². The normalized spacial score (nSPS) is 17.4. The highest BCUT2D eigenvalue weighted by Gasteiger charge is 2.39. The van der Waals surface area contributed by atoms with E-state index in [1.807, 2.05) is 69.0 Å². The van der Waals surface area contributed by atoms with Gasteiger partial charge < -0.3 is 25.6 Å². The highest BCUT2D eigenvalue weighted by atomic mass is 127. The summed E-state index contributed by atoms with van der Waals surface area (Å²) < 4.78 is 5.30. The molecule has 5 atom stereocenters. The predicted molar refractivity (Wildman–Crippen MR) is 258 cm³/mol. The number of ether oxygens (including phenoxy) is 1. The first-order valence-electron chi connectivity index (χ1n) is 22.7. The van der Waals surface area contributed by atoms with E-state index in [1.165, 1.54) is 0 Å². The number of benzene rings is 1. The molecule has 0 spiro atoms. The monoisotopic (exact) mass is 986 g/mol. The van der Waals surface area contributed by atoms with Gasteiger partial charge in [0.05, 0.1) is 18.6 Å². The topological polar surface area (TPSA) is 168 Å². The van der Waals surface area contributed by atoms with Crippen LogP contribution in [0.25, 0.3) is 0 Å². The van der Waals surface area contributed by atoms with Gasteiger partial charge in [0, 0.05) is 53.8 Å². The van der Waals surface area contributed by atoms with E-state index in [0.717, 1.165) is 12.0 Å². The maximum Gasteiger partial charge on any atom is 0.407 e. The molecule has 12 nitrogen and oxygen atoms in total. The molecular formula is C50H75IN4O8.